The van der Waals surface area contributed by atoms with Gasteiger partial charge in [-0.3, -0.25) is 4.72 Å². The molecule has 9 heteroatoms. The van der Waals surface area contributed by atoms with Crippen molar-refractivity contribution in [2.24, 2.45) is 0 Å². The van der Waals surface area contributed by atoms with Crippen LogP contribution in [-0.2, 0) is 10.0 Å². The number of benzene rings is 1. The van der Waals surface area contributed by atoms with Crippen molar-refractivity contribution in [3.63, 3.8) is 0 Å². The maximum Gasteiger partial charge on any atom is 0.249 e. The lowest BCUT2D eigenvalue weighted by Gasteiger charge is -2.12. The lowest BCUT2D eigenvalue weighted by Crippen LogP contribution is -2.26. The molecule has 0 aliphatic rings. The molecule has 1 atom stereocenters. The van der Waals surface area contributed by atoms with Crippen LogP contribution in [0, 0.1) is 11.3 Å². The van der Waals surface area contributed by atoms with E-state index in [9.17, 15) is 8.42 Å². The van der Waals surface area contributed by atoms with Gasteiger partial charge in [0.1, 0.15) is 11.0 Å². The monoisotopic (exact) mass is 316 g/mol. The van der Waals surface area contributed by atoms with Gasteiger partial charge in [0, 0.05) is 0 Å². The molecule has 6 nitrogen and oxygen atoms in total. The van der Waals surface area contributed by atoms with Crippen LogP contribution >= 0.6 is 23.3 Å². The molecule has 1 heterocycles. The topological polar surface area (TPSA) is 95.7 Å². The number of aromatic nitrogens is 2. The van der Waals surface area contributed by atoms with Crippen molar-refractivity contribution in [3.8, 4) is 6.07 Å². The molecule has 2 aromatic rings. The van der Waals surface area contributed by atoms with Crippen LogP contribution in [0.25, 0.3) is 11.0 Å². The molecule has 0 spiro atoms. The van der Waals surface area contributed by atoms with Gasteiger partial charge in [0.05, 0.1) is 28.5 Å². The van der Waals surface area contributed by atoms with Crippen molar-refractivity contribution in [1.29, 1.82) is 5.26 Å². The van der Waals surface area contributed by atoms with E-state index in [0.717, 1.165) is 11.7 Å². The second-order valence-electron chi connectivity index (χ2n) is 3.73. The average Bonchev–Trinajstić information content (AvgIpc) is 2.82. The number of hydrogen-bond donors (Lipinski definition) is 1. The second kappa shape index (κ2) is 5.28. The molecule has 1 aromatic heterocycles. The zero-order valence-electron chi connectivity index (χ0n) is 9.79. The summed E-state index contributed by atoms with van der Waals surface area (Å²) in [5.74, 6) is 0. The minimum Gasteiger partial charge on any atom is -0.279 e. The fourth-order valence-electron chi connectivity index (χ4n) is 1.52. The second-order valence-corrected chi connectivity index (χ2v) is 6.53. The van der Waals surface area contributed by atoms with E-state index in [1.54, 1.807) is 19.1 Å². The maximum atomic E-state index is 12.0. The van der Waals surface area contributed by atoms with E-state index >= 15 is 0 Å². The van der Waals surface area contributed by atoms with Gasteiger partial charge in [0.2, 0.25) is 10.0 Å². The summed E-state index contributed by atoms with van der Waals surface area (Å²) in [5.41, 5.74) is 1.10. The first-order chi connectivity index (χ1) is 8.99. The lowest BCUT2D eigenvalue weighted by atomic mass is 10.3. The predicted molar refractivity (Wildman–Crippen MR) is 74.7 cm³/mol. The Morgan fingerprint density at radius 3 is 2.89 bits per heavy atom. The number of fused-ring (bicyclic) bond motifs is 1. The van der Waals surface area contributed by atoms with E-state index in [0.29, 0.717) is 11.0 Å². The standard InChI is InChI=1S/C10H9ClN4O2S2/c1-2-6(5-12)19(16,17)15-9-7(11)3-4-8-10(9)14-18-13-8/h3-4,6,15H,2H2,1H3. The van der Waals surface area contributed by atoms with Gasteiger partial charge in [-0.15, -0.1) is 0 Å². The first-order valence-electron chi connectivity index (χ1n) is 5.31. The van der Waals surface area contributed by atoms with Crippen LogP contribution in [0.15, 0.2) is 12.1 Å². The zero-order valence-corrected chi connectivity index (χ0v) is 12.2. The zero-order chi connectivity index (χ0) is 14.0. The molecular weight excluding hydrogens is 308 g/mol. The van der Waals surface area contributed by atoms with E-state index in [4.69, 9.17) is 16.9 Å². The highest BCUT2D eigenvalue weighted by molar-refractivity contribution is 7.93. The molecule has 0 saturated carbocycles. The van der Waals surface area contributed by atoms with Crippen molar-refractivity contribution in [2.45, 2.75) is 18.6 Å². The Balaban J connectivity index is 2.50. The summed E-state index contributed by atoms with van der Waals surface area (Å²) < 4.78 is 34.4. The summed E-state index contributed by atoms with van der Waals surface area (Å²) >= 11 is 6.95. The number of halogens is 1. The Hall–Kier alpha value is -1.43. The predicted octanol–water partition coefficient (Wildman–Crippen LogP) is 2.39. The number of rotatable bonds is 4. The molecule has 0 radical (unpaired) electrons. The van der Waals surface area contributed by atoms with Crippen LogP contribution in [0.4, 0.5) is 5.69 Å². The van der Waals surface area contributed by atoms with E-state index in [-0.39, 0.29) is 17.1 Å². The van der Waals surface area contributed by atoms with E-state index in [1.807, 2.05) is 0 Å². The summed E-state index contributed by atoms with van der Waals surface area (Å²) in [6, 6.07) is 4.94. The van der Waals surface area contributed by atoms with Crippen LogP contribution in [0.1, 0.15) is 13.3 Å². The summed E-state index contributed by atoms with van der Waals surface area (Å²) in [7, 11) is -3.83. The van der Waals surface area contributed by atoms with Crippen molar-refractivity contribution < 1.29 is 8.42 Å². The van der Waals surface area contributed by atoms with Gasteiger partial charge < -0.3 is 0 Å². The number of hydrogen-bond acceptors (Lipinski definition) is 6. The molecule has 100 valence electrons. The van der Waals surface area contributed by atoms with Crippen molar-refractivity contribution in [2.75, 3.05) is 4.72 Å². The van der Waals surface area contributed by atoms with Gasteiger partial charge in [0.25, 0.3) is 0 Å². The summed E-state index contributed by atoms with van der Waals surface area (Å²) in [4.78, 5) is 0. The SMILES string of the molecule is CCC(C#N)S(=O)(=O)Nc1c(Cl)ccc2nsnc12. The van der Waals surface area contributed by atoms with Crippen LogP contribution in [0.2, 0.25) is 5.02 Å². The highest BCUT2D eigenvalue weighted by Gasteiger charge is 2.25. The van der Waals surface area contributed by atoms with Crippen LogP contribution < -0.4 is 4.72 Å². The fourth-order valence-corrected chi connectivity index (χ4v) is 3.53. The van der Waals surface area contributed by atoms with Gasteiger partial charge in [-0.25, -0.2) is 8.42 Å². The molecule has 0 aliphatic carbocycles. The Morgan fingerprint density at radius 1 is 1.53 bits per heavy atom. The molecule has 0 fully saturated rings. The third-order valence-electron chi connectivity index (χ3n) is 2.51. The van der Waals surface area contributed by atoms with Gasteiger partial charge in [-0.05, 0) is 18.6 Å². The minimum absolute atomic E-state index is 0.168. The largest absolute Gasteiger partial charge is 0.279 e. The molecule has 1 aromatic carbocycles. The van der Waals surface area contributed by atoms with Gasteiger partial charge in [0.15, 0.2) is 5.25 Å². The number of anilines is 1. The summed E-state index contributed by atoms with van der Waals surface area (Å²) in [5, 5.41) is 7.94. The van der Waals surface area contributed by atoms with E-state index in [1.165, 1.54) is 6.07 Å². The molecular formula is C10H9ClN4O2S2. The average molecular weight is 317 g/mol. The summed E-state index contributed by atoms with van der Waals surface area (Å²) in [6.07, 6.45) is 0.189. The number of nitrogens with one attached hydrogen (secondary N) is 1. The molecule has 2 rings (SSSR count). The molecule has 1 N–H and O–H groups in total. The van der Waals surface area contributed by atoms with Crippen LogP contribution in [0.5, 0.6) is 0 Å². The Kier molecular flexibility index (Phi) is 3.89. The third kappa shape index (κ3) is 2.63. The third-order valence-corrected chi connectivity index (χ3v) is 5.04. The number of sulfonamides is 1. The first-order valence-corrected chi connectivity index (χ1v) is 7.97. The van der Waals surface area contributed by atoms with E-state index < -0.39 is 15.3 Å². The fraction of sp³-hybridized carbons (Fsp3) is 0.300. The first kappa shape index (κ1) is 14.0. The van der Waals surface area contributed by atoms with Crippen molar-refractivity contribution >= 4 is 50.1 Å². The molecule has 0 bridgehead atoms. The van der Waals surface area contributed by atoms with Crippen molar-refractivity contribution in [1.82, 2.24) is 8.75 Å². The molecule has 0 aliphatic heterocycles. The highest BCUT2D eigenvalue weighted by atomic mass is 35.5. The lowest BCUT2D eigenvalue weighted by molar-refractivity contribution is 0.593. The molecule has 0 saturated heterocycles. The molecule has 19 heavy (non-hydrogen) atoms. The van der Waals surface area contributed by atoms with Crippen LogP contribution in [0.3, 0.4) is 0 Å². The Morgan fingerprint density at radius 2 is 2.26 bits per heavy atom. The quantitative estimate of drug-likeness (QED) is 0.934. The van der Waals surface area contributed by atoms with E-state index in [2.05, 4.69) is 13.5 Å². The number of nitrogens with zero attached hydrogens (tertiary/aromatic N) is 3. The summed E-state index contributed by atoms with van der Waals surface area (Å²) in [6.45, 7) is 1.62. The van der Waals surface area contributed by atoms with Gasteiger partial charge in [-0.2, -0.15) is 14.0 Å². The molecule has 1 unspecified atom stereocenters. The Bertz CT molecular complexity index is 750. The normalized spacial score (nSPS) is 13.1. The van der Waals surface area contributed by atoms with Gasteiger partial charge in [-0.1, -0.05) is 18.5 Å². The smallest absolute Gasteiger partial charge is 0.249 e. The Labute approximate surface area is 119 Å². The van der Waals surface area contributed by atoms with Crippen molar-refractivity contribution in [3.05, 3.63) is 17.2 Å². The highest BCUT2D eigenvalue weighted by Crippen LogP contribution is 2.31. The number of nitriles is 1. The van der Waals surface area contributed by atoms with Crippen LogP contribution in [-0.4, -0.2) is 22.4 Å². The minimum atomic E-state index is -3.83. The molecule has 0 amide bonds. The maximum absolute atomic E-state index is 12.0. The van der Waals surface area contributed by atoms with Gasteiger partial charge >= 0.3 is 0 Å².